The van der Waals surface area contributed by atoms with Crippen LogP contribution in [0.15, 0.2) is 24.3 Å². The van der Waals surface area contributed by atoms with Crippen LogP contribution in [0.3, 0.4) is 0 Å². The molecular formula is C20H32N2O3. The minimum Gasteiger partial charge on any atom is -0.494 e. The molecule has 0 aromatic heterocycles. The van der Waals surface area contributed by atoms with Gasteiger partial charge in [-0.1, -0.05) is 39.2 Å². The van der Waals surface area contributed by atoms with E-state index < -0.39 is 0 Å². The average Bonchev–Trinajstić information content (AvgIpc) is 2.62. The van der Waals surface area contributed by atoms with Crippen molar-refractivity contribution in [2.24, 2.45) is 0 Å². The van der Waals surface area contributed by atoms with E-state index in [1.54, 1.807) is 0 Å². The monoisotopic (exact) mass is 348 g/mol. The smallest absolute Gasteiger partial charge is 0.411 e. The van der Waals surface area contributed by atoms with E-state index >= 15 is 0 Å². The van der Waals surface area contributed by atoms with Crippen LogP contribution in [-0.2, 0) is 4.74 Å². The Morgan fingerprint density at radius 1 is 1.20 bits per heavy atom. The molecule has 0 spiro atoms. The number of anilines is 1. The van der Waals surface area contributed by atoms with Gasteiger partial charge in [0.05, 0.1) is 6.61 Å². The molecule has 1 fully saturated rings. The summed E-state index contributed by atoms with van der Waals surface area (Å²) >= 11 is 0. The van der Waals surface area contributed by atoms with E-state index in [2.05, 4.69) is 24.1 Å². The number of likely N-dealkylation sites (tertiary alicyclic amines) is 1. The highest BCUT2D eigenvalue weighted by Gasteiger charge is 2.21. The maximum Gasteiger partial charge on any atom is 0.411 e. The summed E-state index contributed by atoms with van der Waals surface area (Å²) in [7, 11) is 0. The van der Waals surface area contributed by atoms with Crippen LogP contribution in [0.1, 0.15) is 52.4 Å². The van der Waals surface area contributed by atoms with Crippen molar-refractivity contribution in [2.75, 3.05) is 31.6 Å². The van der Waals surface area contributed by atoms with Crippen molar-refractivity contribution in [2.45, 2.75) is 58.5 Å². The molecule has 1 saturated heterocycles. The second-order valence-electron chi connectivity index (χ2n) is 6.60. The number of hydrogen-bond donors (Lipinski definition) is 1. The van der Waals surface area contributed by atoms with Crippen LogP contribution in [0.4, 0.5) is 10.5 Å². The maximum atomic E-state index is 12.1. The van der Waals surface area contributed by atoms with Gasteiger partial charge in [0.1, 0.15) is 11.9 Å². The number of rotatable bonds is 9. The third kappa shape index (κ3) is 7.34. The normalized spacial score (nSPS) is 15.8. The number of piperidine rings is 1. The minimum absolute atomic E-state index is 0.0146. The van der Waals surface area contributed by atoms with Crippen molar-refractivity contribution in [3.63, 3.8) is 0 Å². The highest BCUT2D eigenvalue weighted by Crippen LogP contribution is 2.19. The van der Waals surface area contributed by atoms with Crippen LogP contribution in [0.5, 0.6) is 5.75 Å². The minimum atomic E-state index is -0.380. The molecule has 0 atom stereocenters. The third-order valence-corrected chi connectivity index (χ3v) is 4.60. The highest BCUT2D eigenvalue weighted by atomic mass is 16.6. The Bertz CT molecular complexity index is 513. The van der Waals surface area contributed by atoms with Crippen LogP contribution in [0.2, 0.25) is 0 Å². The SMILES string of the molecule is CCCCCCOc1cccc(NC(=O)OC2CCN(CC)CC2)c1. The number of amides is 1. The Morgan fingerprint density at radius 2 is 2.00 bits per heavy atom. The van der Waals surface area contributed by atoms with E-state index in [1.165, 1.54) is 19.3 Å². The Labute approximate surface area is 151 Å². The number of benzene rings is 1. The molecule has 25 heavy (non-hydrogen) atoms. The molecule has 1 aromatic carbocycles. The van der Waals surface area contributed by atoms with Gasteiger partial charge in [0.15, 0.2) is 0 Å². The summed E-state index contributed by atoms with van der Waals surface area (Å²) in [4.78, 5) is 14.5. The Morgan fingerprint density at radius 3 is 2.72 bits per heavy atom. The fraction of sp³-hybridized carbons (Fsp3) is 0.650. The number of nitrogens with zero attached hydrogens (tertiary/aromatic N) is 1. The van der Waals surface area contributed by atoms with Crippen molar-refractivity contribution in [1.29, 1.82) is 0 Å². The molecule has 5 heteroatoms. The molecule has 1 heterocycles. The zero-order valence-corrected chi connectivity index (χ0v) is 15.6. The van der Waals surface area contributed by atoms with Crippen molar-refractivity contribution in [1.82, 2.24) is 4.90 Å². The first kappa shape index (κ1) is 19.6. The lowest BCUT2D eigenvalue weighted by molar-refractivity contribution is 0.0606. The number of unbranched alkanes of at least 4 members (excludes halogenated alkanes) is 3. The molecule has 5 nitrogen and oxygen atoms in total. The van der Waals surface area contributed by atoms with E-state index in [0.29, 0.717) is 12.3 Å². The summed E-state index contributed by atoms with van der Waals surface area (Å²) in [6.07, 6.45) is 6.16. The fourth-order valence-electron chi connectivity index (χ4n) is 3.02. The van der Waals surface area contributed by atoms with Crippen LogP contribution in [-0.4, -0.2) is 43.3 Å². The van der Waals surface area contributed by atoms with Gasteiger partial charge in [-0.15, -0.1) is 0 Å². The second-order valence-corrected chi connectivity index (χ2v) is 6.60. The van der Waals surface area contributed by atoms with Gasteiger partial charge in [-0.2, -0.15) is 0 Å². The third-order valence-electron chi connectivity index (χ3n) is 4.60. The number of ether oxygens (including phenoxy) is 2. The Hall–Kier alpha value is -1.75. The van der Waals surface area contributed by atoms with Crippen molar-refractivity contribution < 1.29 is 14.3 Å². The second kappa shape index (κ2) is 11.0. The number of carbonyl (C=O) groups is 1. The molecule has 0 saturated carbocycles. The molecule has 2 rings (SSSR count). The molecule has 1 amide bonds. The largest absolute Gasteiger partial charge is 0.494 e. The van der Waals surface area contributed by atoms with E-state index in [0.717, 1.165) is 44.6 Å². The summed E-state index contributed by atoms with van der Waals surface area (Å²) in [5.41, 5.74) is 0.710. The molecule has 1 aliphatic heterocycles. The summed E-state index contributed by atoms with van der Waals surface area (Å²) in [5, 5.41) is 2.81. The van der Waals surface area contributed by atoms with Gasteiger partial charge in [-0.05, 0) is 37.9 Å². The lowest BCUT2D eigenvalue weighted by Crippen LogP contribution is -2.38. The van der Waals surface area contributed by atoms with E-state index in [9.17, 15) is 4.79 Å². The Kier molecular flexibility index (Phi) is 8.60. The van der Waals surface area contributed by atoms with Gasteiger partial charge in [0.25, 0.3) is 0 Å². The predicted molar refractivity (Wildman–Crippen MR) is 101 cm³/mol. The van der Waals surface area contributed by atoms with Crippen LogP contribution >= 0.6 is 0 Å². The first-order valence-electron chi connectivity index (χ1n) is 9.64. The molecule has 0 radical (unpaired) electrons. The van der Waals surface area contributed by atoms with Gasteiger partial charge in [-0.25, -0.2) is 4.79 Å². The van der Waals surface area contributed by atoms with E-state index in [1.807, 2.05) is 24.3 Å². The summed E-state index contributed by atoms with van der Waals surface area (Å²) in [5.74, 6) is 0.783. The number of hydrogen-bond acceptors (Lipinski definition) is 4. The topological polar surface area (TPSA) is 50.8 Å². The first-order valence-corrected chi connectivity index (χ1v) is 9.64. The Balaban J connectivity index is 1.72. The van der Waals surface area contributed by atoms with Crippen LogP contribution in [0, 0.1) is 0 Å². The predicted octanol–water partition coefficient (Wildman–Crippen LogP) is 4.68. The van der Waals surface area contributed by atoms with Gasteiger partial charge >= 0.3 is 6.09 Å². The van der Waals surface area contributed by atoms with Gasteiger partial charge in [0.2, 0.25) is 0 Å². The maximum absolute atomic E-state index is 12.1. The van der Waals surface area contributed by atoms with Gasteiger partial charge < -0.3 is 14.4 Å². The first-order chi connectivity index (χ1) is 12.2. The van der Waals surface area contributed by atoms with Crippen molar-refractivity contribution in [3.05, 3.63) is 24.3 Å². The fourth-order valence-corrected chi connectivity index (χ4v) is 3.02. The van der Waals surface area contributed by atoms with Crippen molar-refractivity contribution >= 4 is 11.8 Å². The van der Waals surface area contributed by atoms with E-state index in [-0.39, 0.29) is 12.2 Å². The summed E-state index contributed by atoms with van der Waals surface area (Å²) < 4.78 is 11.3. The molecule has 0 aliphatic carbocycles. The standard InChI is InChI=1S/C20H32N2O3/c1-3-5-6-7-15-24-19-10-8-9-17(16-19)21-20(23)25-18-11-13-22(4-2)14-12-18/h8-10,16,18H,3-7,11-15H2,1-2H3,(H,21,23). The zero-order chi connectivity index (χ0) is 17.9. The summed E-state index contributed by atoms with van der Waals surface area (Å²) in [6.45, 7) is 8.12. The quantitative estimate of drug-likeness (QED) is 0.658. The molecule has 1 aliphatic rings. The highest BCUT2D eigenvalue weighted by molar-refractivity contribution is 5.84. The molecule has 1 aromatic rings. The molecule has 1 N–H and O–H groups in total. The average molecular weight is 348 g/mol. The lowest BCUT2D eigenvalue weighted by atomic mass is 10.1. The molecular weight excluding hydrogens is 316 g/mol. The zero-order valence-electron chi connectivity index (χ0n) is 15.6. The van der Waals surface area contributed by atoms with E-state index in [4.69, 9.17) is 9.47 Å². The lowest BCUT2D eigenvalue weighted by Gasteiger charge is -2.30. The molecule has 0 bridgehead atoms. The van der Waals surface area contributed by atoms with Gasteiger partial charge in [0, 0.05) is 24.8 Å². The summed E-state index contributed by atoms with van der Waals surface area (Å²) in [6, 6.07) is 7.50. The number of carbonyl (C=O) groups excluding carboxylic acids is 1. The van der Waals surface area contributed by atoms with Crippen molar-refractivity contribution in [3.8, 4) is 5.75 Å². The van der Waals surface area contributed by atoms with Crippen LogP contribution < -0.4 is 10.1 Å². The molecule has 140 valence electrons. The van der Waals surface area contributed by atoms with Gasteiger partial charge in [-0.3, -0.25) is 5.32 Å². The molecule has 0 unspecified atom stereocenters. The number of nitrogens with one attached hydrogen (secondary N) is 1. The van der Waals surface area contributed by atoms with Crippen LogP contribution in [0.25, 0.3) is 0 Å².